The average Bonchev–Trinajstić information content (AvgIpc) is 3.58. The van der Waals surface area contributed by atoms with E-state index in [1.54, 1.807) is 0 Å². The molecule has 0 bridgehead atoms. The average molecular weight is 1120 g/mol. The fourth-order valence-corrected chi connectivity index (χ4v) is 10.4. The molecule has 0 aliphatic heterocycles. The molecule has 0 N–H and O–H groups in total. The van der Waals surface area contributed by atoms with E-state index in [1.165, 1.54) is 64.2 Å². The van der Waals surface area contributed by atoms with Crippen molar-refractivity contribution in [3.63, 3.8) is 0 Å². The van der Waals surface area contributed by atoms with Gasteiger partial charge in [-0.05, 0) is 152 Å². The first kappa shape index (κ1) is 72.5. The van der Waals surface area contributed by atoms with Crippen LogP contribution in [0.15, 0.2) is 178 Å². The number of hydrogen-bond donors (Lipinski definition) is 0. The number of Topliss-reactive ketones (excluding diaryl/α,β-unsaturated/α-hetero) is 2. The molecular formula is C76H112O6. The van der Waals surface area contributed by atoms with Gasteiger partial charge in [-0.3, -0.25) is 19.2 Å². The number of ketones is 2. The summed E-state index contributed by atoms with van der Waals surface area (Å²) in [5, 5.41) is 0. The number of carbonyl (C=O) groups is 4. The highest BCUT2D eigenvalue weighted by molar-refractivity contribution is 6.02. The second-order valence-electron chi connectivity index (χ2n) is 24.3. The highest BCUT2D eigenvalue weighted by Crippen LogP contribution is 2.42. The fourth-order valence-electron chi connectivity index (χ4n) is 10.4. The van der Waals surface area contributed by atoms with Crippen LogP contribution >= 0.6 is 0 Å². The molecular weight excluding hydrogens is 1010 g/mol. The van der Waals surface area contributed by atoms with Crippen LogP contribution in [0.25, 0.3) is 0 Å². The Morgan fingerprint density at radius 2 is 0.732 bits per heavy atom. The van der Waals surface area contributed by atoms with Crippen LogP contribution in [0.5, 0.6) is 0 Å². The SMILES string of the molecule is CCCCC/C=C\C/C=C\CCCCCCCC(=O)O[C@H]1CC(C)(C)C(/C=C/C(C)=C/C=C/C(C)=C/C=C/C=C(C)/C=C/C=C(C)/C=C/C2=C(C)C(=O)[C@@H](OC(=O)CCCCCCC/C=C\C/C=C\CCCCC)CC2(C)C)=C(C)C1=O. The maximum atomic E-state index is 13.4. The van der Waals surface area contributed by atoms with Crippen molar-refractivity contribution in [1.29, 1.82) is 0 Å². The van der Waals surface area contributed by atoms with Crippen LogP contribution in [0.2, 0.25) is 0 Å². The van der Waals surface area contributed by atoms with Gasteiger partial charge in [-0.15, -0.1) is 0 Å². The van der Waals surface area contributed by atoms with Crippen LogP contribution in [0.4, 0.5) is 0 Å². The summed E-state index contributed by atoms with van der Waals surface area (Å²) in [6, 6.07) is 0. The highest BCUT2D eigenvalue weighted by atomic mass is 16.6. The molecule has 2 rings (SSSR count). The van der Waals surface area contributed by atoms with Crippen molar-refractivity contribution in [3.8, 4) is 0 Å². The van der Waals surface area contributed by atoms with Crippen molar-refractivity contribution in [2.24, 2.45) is 10.8 Å². The molecule has 0 saturated heterocycles. The second kappa shape index (κ2) is 43.1. The zero-order valence-corrected chi connectivity index (χ0v) is 53.7. The Morgan fingerprint density at radius 3 is 1.09 bits per heavy atom. The van der Waals surface area contributed by atoms with Gasteiger partial charge in [0.15, 0.2) is 23.8 Å². The molecule has 0 spiro atoms. The standard InChI is InChI=1S/C76H112O6/c1-13-15-17-19-21-23-25-27-29-31-33-35-37-39-41-53-71(77)81-69-59-75(9,10)67(65(7)73(69)79)57-55-63(5)51-45-49-61(3)47-43-44-48-62(4)50-46-52-64(6)56-58-68-66(8)74(80)70(60-76(68,11)12)82-72(78)54-42-40-38-36-34-32-30-28-26-24-22-20-18-16-14-2/h21-24,27-30,43-52,55-58,69-70H,13-20,25-26,31-42,53-54,59-60H2,1-12H3/b23-21-,24-22-,29-27-,30-28-,44-43+,49-45+,50-46+,57-55+,58-56+,61-47+,62-48+,63-51+,64-52+/t69-,70-/m0/s1. The summed E-state index contributed by atoms with van der Waals surface area (Å²) in [6.45, 7) is 24.9. The zero-order valence-electron chi connectivity index (χ0n) is 53.7. The van der Waals surface area contributed by atoms with Crippen molar-refractivity contribution >= 4 is 23.5 Å². The molecule has 0 unspecified atom stereocenters. The Labute approximate surface area is 501 Å². The summed E-state index contributed by atoms with van der Waals surface area (Å²) in [5.41, 5.74) is 6.99. The van der Waals surface area contributed by atoms with E-state index < -0.39 is 12.2 Å². The first-order valence-corrected chi connectivity index (χ1v) is 31.9. The molecule has 0 aromatic rings. The quantitative estimate of drug-likeness (QED) is 0.0263. The Kier molecular flexibility index (Phi) is 38.1. The lowest BCUT2D eigenvalue weighted by Crippen LogP contribution is -2.39. The molecule has 82 heavy (non-hydrogen) atoms. The second-order valence-corrected chi connectivity index (χ2v) is 24.3. The van der Waals surface area contributed by atoms with Gasteiger partial charge in [-0.1, -0.05) is 262 Å². The number of carbonyl (C=O) groups excluding carboxylic acids is 4. The maximum absolute atomic E-state index is 13.4. The van der Waals surface area contributed by atoms with E-state index >= 15 is 0 Å². The maximum Gasteiger partial charge on any atom is 0.306 e. The zero-order chi connectivity index (χ0) is 60.4. The normalized spacial score (nSPS) is 18.9. The van der Waals surface area contributed by atoms with E-state index in [0.717, 1.165) is 110 Å². The number of esters is 2. The molecule has 0 saturated carbocycles. The number of allylic oxidation sites excluding steroid dienone is 28. The third-order valence-corrected chi connectivity index (χ3v) is 15.5. The van der Waals surface area contributed by atoms with Crippen molar-refractivity contribution in [1.82, 2.24) is 0 Å². The smallest absolute Gasteiger partial charge is 0.306 e. The molecule has 6 nitrogen and oxygen atoms in total. The van der Waals surface area contributed by atoms with E-state index in [0.29, 0.717) is 36.8 Å². The van der Waals surface area contributed by atoms with Gasteiger partial charge >= 0.3 is 11.9 Å². The largest absolute Gasteiger partial charge is 0.454 e. The van der Waals surface area contributed by atoms with Gasteiger partial charge in [-0.25, -0.2) is 0 Å². The third kappa shape index (κ3) is 32.3. The summed E-state index contributed by atoms with van der Waals surface area (Å²) < 4.78 is 11.6. The molecule has 2 aliphatic rings. The third-order valence-electron chi connectivity index (χ3n) is 15.5. The first-order valence-electron chi connectivity index (χ1n) is 31.9. The van der Waals surface area contributed by atoms with Gasteiger partial charge in [0.05, 0.1) is 0 Å². The van der Waals surface area contributed by atoms with E-state index in [-0.39, 0.29) is 34.3 Å². The molecule has 0 radical (unpaired) electrons. The van der Waals surface area contributed by atoms with Crippen LogP contribution in [-0.2, 0) is 28.7 Å². The van der Waals surface area contributed by atoms with Crippen LogP contribution in [0, 0.1) is 10.8 Å². The number of ether oxygens (including phenoxy) is 2. The molecule has 0 aromatic heterocycles. The Morgan fingerprint density at radius 1 is 0.427 bits per heavy atom. The lowest BCUT2D eigenvalue weighted by atomic mass is 9.71. The molecule has 452 valence electrons. The molecule has 0 aromatic carbocycles. The van der Waals surface area contributed by atoms with Crippen LogP contribution in [0.3, 0.4) is 0 Å². The lowest BCUT2D eigenvalue weighted by molar-refractivity contribution is -0.156. The van der Waals surface area contributed by atoms with E-state index in [9.17, 15) is 19.2 Å². The molecule has 0 amide bonds. The summed E-state index contributed by atoms with van der Waals surface area (Å²) in [4.78, 5) is 52.5. The monoisotopic (exact) mass is 1120 g/mol. The van der Waals surface area contributed by atoms with E-state index in [4.69, 9.17) is 9.47 Å². The van der Waals surface area contributed by atoms with E-state index in [2.05, 4.69) is 153 Å². The predicted molar refractivity (Wildman–Crippen MR) is 351 cm³/mol. The summed E-state index contributed by atoms with van der Waals surface area (Å²) in [5.74, 6) is -0.737. The van der Waals surface area contributed by atoms with Gasteiger partial charge in [0, 0.05) is 25.7 Å². The van der Waals surface area contributed by atoms with Crippen molar-refractivity contribution in [2.45, 2.75) is 262 Å². The fraction of sp³-hybridized carbons (Fsp3) is 0.553. The van der Waals surface area contributed by atoms with Crippen LogP contribution < -0.4 is 0 Å². The number of rotatable bonds is 40. The molecule has 0 fully saturated rings. The van der Waals surface area contributed by atoms with E-state index in [1.807, 2.05) is 64.2 Å². The summed E-state index contributed by atoms with van der Waals surface area (Å²) in [6.07, 6.45) is 72.0. The minimum Gasteiger partial charge on any atom is -0.454 e. The summed E-state index contributed by atoms with van der Waals surface area (Å²) in [7, 11) is 0. The van der Waals surface area contributed by atoms with Crippen molar-refractivity contribution < 1.29 is 28.7 Å². The topological polar surface area (TPSA) is 86.7 Å². The van der Waals surface area contributed by atoms with Gasteiger partial charge in [0.1, 0.15) is 0 Å². The predicted octanol–water partition coefficient (Wildman–Crippen LogP) is 21.6. The van der Waals surface area contributed by atoms with Gasteiger partial charge < -0.3 is 9.47 Å². The Bertz CT molecular complexity index is 2260. The highest BCUT2D eigenvalue weighted by Gasteiger charge is 2.41. The summed E-state index contributed by atoms with van der Waals surface area (Å²) >= 11 is 0. The molecule has 2 atom stereocenters. The lowest BCUT2D eigenvalue weighted by Gasteiger charge is -2.36. The van der Waals surface area contributed by atoms with Crippen molar-refractivity contribution in [2.75, 3.05) is 0 Å². The van der Waals surface area contributed by atoms with Gasteiger partial charge in [0.25, 0.3) is 0 Å². The van der Waals surface area contributed by atoms with Gasteiger partial charge in [0.2, 0.25) is 0 Å². The molecule has 0 heterocycles. The Balaban J connectivity index is 1.78. The first-order chi connectivity index (χ1) is 39.3. The Hall–Kier alpha value is -5.62. The number of unbranched alkanes of at least 4 members (excludes halogenated alkanes) is 16. The van der Waals surface area contributed by atoms with Crippen LogP contribution in [-0.4, -0.2) is 35.7 Å². The van der Waals surface area contributed by atoms with Crippen molar-refractivity contribution in [3.05, 3.63) is 178 Å². The minimum atomic E-state index is -0.733. The molecule has 6 heteroatoms. The minimum absolute atomic E-state index is 0.0955. The molecule has 2 aliphatic carbocycles. The van der Waals surface area contributed by atoms with Crippen LogP contribution in [0.1, 0.15) is 250 Å². The number of hydrogen-bond acceptors (Lipinski definition) is 6. The van der Waals surface area contributed by atoms with Gasteiger partial charge in [-0.2, -0.15) is 0 Å².